The first-order valence-corrected chi connectivity index (χ1v) is 13.6. The third-order valence-electron chi connectivity index (χ3n) is 5.51. The van der Waals surface area contributed by atoms with Gasteiger partial charge < -0.3 is 14.8 Å². The summed E-state index contributed by atoms with van der Waals surface area (Å²) in [4.78, 5) is 44.1. The Labute approximate surface area is 245 Å². The molecule has 3 aromatic rings. The molecule has 1 amide bonds. The van der Waals surface area contributed by atoms with Crippen molar-refractivity contribution in [2.45, 2.75) is 66.1 Å². The lowest BCUT2D eigenvalue weighted by Crippen LogP contribution is -2.37. The van der Waals surface area contributed by atoms with Crippen molar-refractivity contribution in [3.05, 3.63) is 81.6 Å². The molecule has 1 N–H and O–H groups in total. The molecule has 0 saturated heterocycles. The molecular formula is C31H34Cl2N2O5. The van der Waals surface area contributed by atoms with Crippen LogP contribution in [0.15, 0.2) is 54.7 Å². The highest BCUT2D eigenvalue weighted by molar-refractivity contribution is 6.35. The third kappa shape index (κ3) is 9.07. The molecule has 1 heterocycles. The number of pyridine rings is 1. The Kier molecular flexibility index (Phi) is 9.64. The number of aryl methyl sites for hydroxylation is 1. The Morgan fingerprint density at radius 2 is 1.55 bits per heavy atom. The Balaban J connectivity index is 2.02. The van der Waals surface area contributed by atoms with Crippen LogP contribution >= 0.6 is 23.2 Å². The molecule has 0 spiro atoms. The first-order chi connectivity index (χ1) is 18.5. The molecule has 2 aromatic carbocycles. The van der Waals surface area contributed by atoms with Gasteiger partial charge in [-0.2, -0.15) is 0 Å². The molecule has 9 heteroatoms. The van der Waals surface area contributed by atoms with Gasteiger partial charge in [0.1, 0.15) is 17.1 Å². The lowest BCUT2D eigenvalue weighted by molar-refractivity contribution is -0.161. The number of carbonyl (C=O) groups is 3. The van der Waals surface area contributed by atoms with E-state index in [1.165, 1.54) is 6.07 Å². The van der Waals surface area contributed by atoms with Gasteiger partial charge in [0.25, 0.3) is 0 Å². The lowest BCUT2D eigenvalue weighted by atomic mass is 9.97. The van der Waals surface area contributed by atoms with Gasteiger partial charge >= 0.3 is 11.9 Å². The van der Waals surface area contributed by atoms with Crippen LogP contribution in [-0.2, 0) is 25.5 Å². The highest BCUT2D eigenvalue weighted by atomic mass is 35.5. The van der Waals surface area contributed by atoms with Gasteiger partial charge in [-0.25, -0.2) is 4.79 Å². The van der Waals surface area contributed by atoms with E-state index in [1.54, 1.807) is 84.1 Å². The number of hydrogen-bond acceptors (Lipinski definition) is 6. The predicted molar refractivity (Wildman–Crippen MR) is 158 cm³/mol. The lowest BCUT2D eigenvalue weighted by Gasteiger charge is -2.24. The van der Waals surface area contributed by atoms with E-state index in [4.69, 9.17) is 32.7 Å². The molecule has 7 nitrogen and oxygen atoms in total. The number of halogens is 2. The molecule has 0 bridgehead atoms. The summed E-state index contributed by atoms with van der Waals surface area (Å²) in [5.74, 6) is -3.09. The van der Waals surface area contributed by atoms with E-state index >= 15 is 0 Å². The summed E-state index contributed by atoms with van der Waals surface area (Å²) in [6.07, 6.45) is 1.65. The van der Waals surface area contributed by atoms with Crippen LogP contribution in [0.4, 0.5) is 5.69 Å². The van der Waals surface area contributed by atoms with Crippen molar-refractivity contribution in [2.24, 2.45) is 5.92 Å². The first-order valence-electron chi connectivity index (χ1n) is 12.8. The predicted octanol–water partition coefficient (Wildman–Crippen LogP) is 7.46. The molecule has 0 aliphatic heterocycles. The monoisotopic (exact) mass is 584 g/mol. The standard InChI is InChI=1S/C31H34Cl2N2O5/c1-18-12-19(10-11-34-18)21-13-22(28(37)39-30(2,3)4)15-24(14-21)35-27(36)25(29(38)40-31(5,6)7)16-20-8-9-23(32)17-26(20)33/h8-15,17,25H,16H2,1-7H3,(H,35,36)/t25-/m0/s1. The van der Waals surface area contributed by atoms with Crippen molar-refractivity contribution in [1.29, 1.82) is 0 Å². The molecular weight excluding hydrogens is 551 g/mol. The summed E-state index contributed by atoms with van der Waals surface area (Å²) in [6.45, 7) is 12.4. The zero-order valence-corrected chi connectivity index (χ0v) is 25.2. The van der Waals surface area contributed by atoms with Gasteiger partial charge in [0.15, 0.2) is 0 Å². The van der Waals surface area contributed by atoms with Crippen LogP contribution in [0.1, 0.15) is 63.2 Å². The number of rotatable bonds is 7. The number of ether oxygens (including phenoxy) is 2. The maximum Gasteiger partial charge on any atom is 0.338 e. The summed E-state index contributed by atoms with van der Waals surface area (Å²) in [5, 5.41) is 3.58. The number of hydrogen-bond donors (Lipinski definition) is 1. The summed E-state index contributed by atoms with van der Waals surface area (Å²) in [7, 11) is 0. The average molecular weight is 586 g/mol. The van der Waals surface area contributed by atoms with Crippen molar-refractivity contribution in [3.8, 4) is 11.1 Å². The van der Waals surface area contributed by atoms with E-state index in [2.05, 4.69) is 10.3 Å². The number of aromatic nitrogens is 1. The second-order valence-corrected chi connectivity index (χ2v) is 12.3. The number of nitrogens with zero attached hydrogens (tertiary/aromatic N) is 1. The van der Waals surface area contributed by atoms with Crippen molar-refractivity contribution < 1.29 is 23.9 Å². The van der Waals surface area contributed by atoms with E-state index in [9.17, 15) is 14.4 Å². The van der Waals surface area contributed by atoms with Crippen LogP contribution in [0, 0.1) is 12.8 Å². The van der Waals surface area contributed by atoms with Crippen LogP contribution in [0.3, 0.4) is 0 Å². The van der Waals surface area contributed by atoms with Gasteiger partial charge in [0, 0.05) is 27.6 Å². The van der Waals surface area contributed by atoms with Gasteiger partial charge in [-0.1, -0.05) is 29.3 Å². The molecule has 0 aliphatic rings. The Hall–Kier alpha value is -3.42. The summed E-state index contributed by atoms with van der Waals surface area (Å²) in [5.41, 5.74) is 1.83. The number of nitrogens with one attached hydrogen (secondary N) is 1. The van der Waals surface area contributed by atoms with E-state index in [-0.39, 0.29) is 12.0 Å². The van der Waals surface area contributed by atoms with Crippen molar-refractivity contribution in [2.75, 3.05) is 5.32 Å². The van der Waals surface area contributed by atoms with Crippen LogP contribution in [0.25, 0.3) is 11.1 Å². The van der Waals surface area contributed by atoms with Gasteiger partial charge in [0.2, 0.25) is 5.91 Å². The minimum Gasteiger partial charge on any atom is -0.459 e. The average Bonchev–Trinajstić information content (AvgIpc) is 2.81. The Bertz CT molecular complexity index is 1420. The molecule has 0 unspecified atom stereocenters. The van der Waals surface area contributed by atoms with Crippen molar-refractivity contribution >= 4 is 46.7 Å². The number of benzene rings is 2. The molecule has 0 saturated carbocycles. The zero-order chi connectivity index (χ0) is 29.8. The summed E-state index contributed by atoms with van der Waals surface area (Å²) in [6, 6.07) is 13.5. The van der Waals surface area contributed by atoms with Crippen LogP contribution < -0.4 is 5.32 Å². The maximum atomic E-state index is 13.6. The van der Waals surface area contributed by atoms with Crippen molar-refractivity contribution in [3.63, 3.8) is 0 Å². The molecule has 1 aromatic heterocycles. The van der Waals surface area contributed by atoms with Gasteiger partial charge in [0.05, 0.1) is 5.56 Å². The maximum absolute atomic E-state index is 13.6. The highest BCUT2D eigenvalue weighted by Gasteiger charge is 2.32. The van der Waals surface area contributed by atoms with E-state index in [0.717, 1.165) is 11.3 Å². The van der Waals surface area contributed by atoms with Gasteiger partial charge in [-0.3, -0.25) is 14.6 Å². The second-order valence-electron chi connectivity index (χ2n) is 11.5. The molecule has 0 fully saturated rings. The minimum atomic E-state index is -1.23. The first kappa shape index (κ1) is 31.1. The zero-order valence-electron chi connectivity index (χ0n) is 23.7. The molecule has 40 heavy (non-hydrogen) atoms. The largest absolute Gasteiger partial charge is 0.459 e. The smallest absolute Gasteiger partial charge is 0.338 e. The fraction of sp³-hybridized carbons (Fsp3) is 0.355. The van der Waals surface area contributed by atoms with Gasteiger partial charge in [-0.05, 0) is 114 Å². The number of esters is 2. The summed E-state index contributed by atoms with van der Waals surface area (Å²) >= 11 is 12.4. The number of amides is 1. The topological polar surface area (TPSA) is 94.6 Å². The third-order valence-corrected chi connectivity index (χ3v) is 6.10. The molecule has 0 radical (unpaired) electrons. The van der Waals surface area contributed by atoms with E-state index in [1.807, 2.05) is 13.0 Å². The summed E-state index contributed by atoms with van der Waals surface area (Å²) < 4.78 is 11.1. The molecule has 1 atom stereocenters. The second kappa shape index (κ2) is 12.4. The molecule has 0 aliphatic carbocycles. The van der Waals surface area contributed by atoms with Crippen LogP contribution in [0.2, 0.25) is 10.0 Å². The van der Waals surface area contributed by atoms with E-state index in [0.29, 0.717) is 26.9 Å². The van der Waals surface area contributed by atoms with Crippen LogP contribution in [0.5, 0.6) is 0 Å². The Morgan fingerprint density at radius 1 is 0.875 bits per heavy atom. The minimum absolute atomic E-state index is 0.0150. The van der Waals surface area contributed by atoms with Crippen molar-refractivity contribution in [1.82, 2.24) is 4.98 Å². The number of carbonyl (C=O) groups excluding carboxylic acids is 3. The number of anilines is 1. The Morgan fingerprint density at radius 3 is 2.15 bits per heavy atom. The fourth-order valence-electron chi connectivity index (χ4n) is 3.84. The van der Waals surface area contributed by atoms with Gasteiger partial charge in [-0.15, -0.1) is 0 Å². The van der Waals surface area contributed by atoms with Crippen LogP contribution in [-0.4, -0.2) is 34.0 Å². The van der Waals surface area contributed by atoms with E-state index < -0.39 is 35.0 Å². The molecule has 3 rings (SSSR count). The SMILES string of the molecule is Cc1cc(-c2cc(NC(=O)[C@H](Cc3ccc(Cl)cc3Cl)C(=O)OC(C)(C)C)cc(C(=O)OC(C)(C)C)c2)ccn1. The normalized spacial score (nSPS) is 12.4. The molecule has 212 valence electrons. The fourth-order valence-corrected chi connectivity index (χ4v) is 4.32. The highest BCUT2D eigenvalue weighted by Crippen LogP contribution is 2.29. The quantitative estimate of drug-likeness (QED) is 0.229.